The van der Waals surface area contributed by atoms with Gasteiger partial charge in [0.2, 0.25) is 11.8 Å². The minimum atomic E-state index is -0.128. The van der Waals surface area contributed by atoms with Crippen molar-refractivity contribution in [2.24, 2.45) is 17.3 Å². The van der Waals surface area contributed by atoms with E-state index in [1.807, 2.05) is 17.0 Å². The van der Waals surface area contributed by atoms with E-state index in [0.29, 0.717) is 32.8 Å². The van der Waals surface area contributed by atoms with Crippen molar-refractivity contribution >= 4 is 11.8 Å². The van der Waals surface area contributed by atoms with Crippen LogP contribution in [0, 0.1) is 17.3 Å². The van der Waals surface area contributed by atoms with Crippen molar-refractivity contribution in [2.45, 2.75) is 51.4 Å². The van der Waals surface area contributed by atoms with Crippen LogP contribution in [-0.2, 0) is 20.7 Å². The molecule has 2 amide bonds. The van der Waals surface area contributed by atoms with Crippen molar-refractivity contribution in [3.8, 4) is 0 Å². The molecule has 0 radical (unpaired) electrons. The molecule has 1 aliphatic carbocycles. The Morgan fingerprint density at radius 3 is 2.59 bits per heavy atom. The number of nitrogens with one attached hydrogen (secondary N) is 1. The number of hydrogen-bond acceptors (Lipinski definition) is 4. The molecule has 29 heavy (non-hydrogen) atoms. The number of ether oxygens (including phenoxy) is 1. The predicted octanol–water partition coefficient (Wildman–Crippen LogP) is 2.58. The van der Waals surface area contributed by atoms with Gasteiger partial charge in [0.05, 0.1) is 5.92 Å². The summed E-state index contributed by atoms with van der Waals surface area (Å²) in [5.74, 6) is 0.410. The molecular formula is C23H33N3O3. The summed E-state index contributed by atoms with van der Waals surface area (Å²) in [5.41, 5.74) is 1.05. The first-order chi connectivity index (χ1) is 14.2. The van der Waals surface area contributed by atoms with Crippen LogP contribution in [-0.4, -0.2) is 54.5 Å². The number of nitrogens with zero attached hydrogens (tertiary/aromatic N) is 2. The topological polar surface area (TPSA) is 71.5 Å². The van der Waals surface area contributed by atoms with E-state index in [2.05, 4.69) is 10.3 Å². The Morgan fingerprint density at radius 2 is 1.86 bits per heavy atom. The van der Waals surface area contributed by atoms with Gasteiger partial charge in [-0.25, -0.2) is 0 Å². The predicted molar refractivity (Wildman–Crippen MR) is 110 cm³/mol. The maximum atomic E-state index is 13.2. The first-order valence-corrected chi connectivity index (χ1v) is 11.2. The number of likely N-dealkylation sites (tertiary alicyclic amines) is 1. The number of carbonyl (C=O) groups excluding carboxylic acids is 2. The Bertz CT molecular complexity index is 697. The maximum absolute atomic E-state index is 13.2. The van der Waals surface area contributed by atoms with E-state index in [4.69, 9.17) is 4.74 Å². The lowest BCUT2D eigenvalue weighted by Gasteiger charge is -2.37. The number of amides is 2. The van der Waals surface area contributed by atoms with Gasteiger partial charge in [0.1, 0.15) is 0 Å². The van der Waals surface area contributed by atoms with Crippen LogP contribution >= 0.6 is 0 Å². The average molecular weight is 400 g/mol. The molecule has 1 unspecified atom stereocenters. The first-order valence-electron chi connectivity index (χ1n) is 11.2. The van der Waals surface area contributed by atoms with Crippen molar-refractivity contribution in [2.75, 3.05) is 32.8 Å². The highest BCUT2D eigenvalue weighted by Gasteiger charge is 2.52. The van der Waals surface area contributed by atoms with Gasteiger partial charge < -0.3 is 15.0 Å². The summed E-state index contributed by atoms with van der Waals surface area (Å²) in [6.45, 7) is 3.27. The second kappa shape index (κ2) is 9.24. The summed E-state index contributed by atoms with van der Waals surface area (Å²) < 4.78 is 5.59. The van der Waals surface area contributed by atoms with Crippen LogP contribution < -0.4 is 5.32 Å². The van der Waals surface area contributed by atoms with E-state index in [1.165, 1.54) is 12.0 Å². The maximum Gasteiger partial charge on any atom is 0.225 e. The molecule has 1 spiro atoms. The highest BCUT2D eigenvalue weighted by Crippen LogP contribution is 2.45. The standard InChI is InChI=1S/C23H33N3O3/c27-21(25-13-8-18-6-11-24-12-7-18)20-16-26(17-23(20)9-14-29-15-10-23)22(28)19-4-2-1-3-5-19/h6-7,11-12,19-20H,1-5,8-10,13-17H2,(H,25,27). The second-order valence-electron chi connectivity index (χ2n) is 8.98. The van der Waals surface area contributed by atoms with Crippen molar-refractivity contribution in [3.05, 3.63) is 30.1 Å². The molecule has 1 aromatic rings. The van der Waals surface area contributed by atoms with Gasteiger partial charge in [-0.3, -0.25) is 14.6 Å². The van der Waals surface area contributed by atoms with Crippen LogP contribution in [0.25, 0.3) is 0 Å². The highest BCUT2D eigenvalue weighted by atomic mass is 16.5. The fourth-order valence-corrected chi connectivity index (χ4v) is 5.39. The third-order valence-corrected chi connectivity index (χ3v) is 7.18. The lowest BCUT2D eigenvalue weighted by molar-refractivity contribution is -0.136. The van der Waals surface area contributed by atoms with Gasteiger partial charge in [-0.15, -0.1) is 0 Å². The van der Waals surface area contributed by atoms with E-state index in [9.17, 15) is 9.59 Å². The van der Waals surface area contributed by atoms with E-state index in [-0.39, 0.29) is 29.1 Å². The molecule has 3 heterocycles. The fourth-order valence-electron chi connectivity index (χ4n) is 5.39. The minimum Gasteiger partial charge on any atom is -0.381 e. The smallest absolute Gasteiger partial charge is 0.225 e. The SMILES string of the molecule is O=C(NCCc1ccncc1)C1CN(C(=O)C2CCCCC2)CC12CCOCC2. The zero-order chi connectivity index (χ0) is 20.1. The van der Waals surface area contributed by atoms with E-state index in [0.717, 1.165) is 44.9 Å². The molecule has 4 rings (SSSR count). The van der Waals surface area contributed by atoms with Crippen molar-refractivity contribution < 1.29 is 14.3 Å². The molecule has 1 saturated carbocycles. The summed E-state index contributed by atoms with van der Waals surface area (Å²) in [7, 11) is 0. The molecule has 2 aliphatic heterocycles. The van der Waals surface area contributed by atoms with Crippen LogP contribution in [0.5, 0.6) is 0 Å². The monoisotopic (exact) mass is 399 g/mol. The summed E-state index contributed by atoms with van der Waals surface area (Å²) in [6, 6.07) is 3.96. The number of rotatable bonds is 5. The van der Waals surface area contributed by atoms with Crippen molar-refractivity contribution in [1.29, 1.82) is 0 Å². The van der Waals surface area contributed by atoms with Gasteiger partial charge in [0, 0.05) is 56.6 Å². The Hall–Kier alpha value is -1.95. The van der Waals surface area contributed by atoms with Crippen LogP contribution in [0.2, 0.25) is 0 Å². The van der Waals surface area contributed by atoms with Crippen molar-refractivity contribution in [3.63, 3.8) is 0 Å². The molecule has 0 bridgehead atoms. The second-order valence-corrected chi connectivity index (χ2v) is 8.98. The number of hydrogen-bond donors (Lipinski definition) is 1. The van der Waals surface area contributed by atoms with Gasteiger partial charge in [-0.1, -0.05) is 19.3 Å². The third kappa shape index (κ3) is 4.63. The minimum absolute atomic E-state index is 0.0971. The summed E-state index contributed by atoms with van der Waals surface area (Å²) in [6.07, 6.45) is 11.6. The zero-order valence-corrected chi connectivity index (χ0v) is 17.3. The largest absolute Gasteiger partial charge is 0.381 e. The summed E-state index contributed by atoms with van der Waals surface area (Å²) in [5, 5.41) is 3.15. The van der Waals surface area contributed by atoms with Gasteiger partial charge in [-0.2, -0.15) is 0 Å². The highest BCUT2D eigenvalue weighted by molar-refractivity contribution is 5.84. The molecule has 6 heteroatoms. The summed E-state index contributed by atoms with van der Waals surface area (Å²) in [4.78, 5) is 32.3. The zero-order valence-electron chi connectivity index (χ0n) is 17.3. The van der Waals surface area contributed by atoms with Gasteiger partial charge in [-0.05, 0) is 49.8 Å². The molecule has 158 valence electrons. The van der Waals surface area contributed by atoms with Gasteiger partial charge >= 0.3 is 0 Å². The Labute approximate surface area is 173 Å². The van der Waals surface area contributed by atoms with Gasteiger partial charge in [0.15, 0.2) is 0 Å². The molecule has 1 atom stereocenters. The number of aromatic nitrogens is 1. The van der Waals surface area contributed by atoms with Crippen LogP contribution in [0.15, 0.2) is 24.5 Å². The lowest BCUT2D eigenvalue weighted by atomic mass is 9.71. The van der Waals surface area contributed by atoms with Crippen molar-refractivity contribution in [1.82, 2.24) is 15.2 Å². The molecule has 6 nitrogen and oxygen atoms in total. The Kier molecular flexibility index (Phi) is 6.48. The van der Waals surface area contributed by atoms with Crippen LogP contribution in [0.3, 0.4) is 0 Å². The molecule has 0 aromatic carbocycles. The van der Waals surface area contributed by atoms with Crippen LogP contribution in [0.4, 0.5) is 0 Å². The number of carbonyl (C=O) groups is 2. The quantitative estimate of drug-likeness (QED) is 0.826. The summed E-state index contributed by atoms with van der Waals surface area (Å²) >= 11 is 0. The molecular weight excluding hydrogens is 366 g/mol. The average Bonchev–Trinajstić information content (AvgIpc) is 3.13. The molecule has 1 aromatic heterocycles. The fraction of sp³-hybridized carbons (Fsp3) is 0.696. The van der Waals surface area contributed by atoms with E-state index in [1.54, 1.807) is 12.4 Å². The molecule has 2 saturated heterocycles. The van der Waals surface area contributed by atoms with Gasteiger partial charge in [0.25, 0.3) is 0 Å². The first kappa shape index (κ1) is 20.3. The normalized spacial score (nSPS) is 24.6. The van der Waals surface area contributed by atoms with Crippen LogP contribution in [0.1, 0.15) is 50.5 Å². The third-order valence-electron chi connectivity index (χ3n) is 7.18. The Morgan fingerprint density at radius 1 is 1.14 bits per heavy atom. The van der Waals surface area contributed by atoms with E-state index >= 15 is 0 Å². The molecule has 3 aliphatic rings. The lowest BCUT2D eigenvalue weighted by Crippen LogP contribution is -2.44. The molecule has 3 fully saturated rings. The van der Waals surface area contributed by atoms with E-state index < -0.39 is 0 Å². The number of pyridine rings is 1. The molecule has 1 N–H and O–H groups in total. The Balaban J connectivity index is 1.40.